The van der Waals surface area contributed by atoms with Gasteiger partial charge in [0.1, 0.15) is 18.0 Å². The molecule has 0 aliphatic carbocycles. The maximum Gasteiger partial charge on any atom is 0.134 e. The fourth-order valence-electron chi connectivity index (χ4n) is 1.65. The fraction of sp³-hybridized carbons (Fsp3) is 0.333. The minimum absolute atomic E-state index is 0.578. The molecule has 0 saturated heterocycles. The van der Waals surface area contributed by atoms with Crippen molar-refractivity contribution in [2.24, 2.45) is 0 Å². The summed E-state index contributed by atoms with van der Waals surface area (Å²) in [5.41, 5.74) is 8.14. The molecule has 90 valence electrons. The van der Waals surface area contributed by atoms with Crippen molar-refractivity contribution in [3.8, 4) is 0 Å². The summed E-state index contributed by atoms with van der Waals surface area (Å²) in [5, 5.41) is 7.51. The standard InChI is InChI=1S/C12H16N4S/c1-2-3-10-11(13)15-8-16-12(10)14-6-9-4-5-17-7-9/h4-5,7-8H,2-3,6H2,1H3,(H3,13,14,15,16). The molecular weight excluding hydrogens is 232 g/mol. The van der Waals surface area contributed by atoms with E-state index >= 15 is 0 Å². The summed E-state index contributed by atoms with van der Waals surface area (Å²) in [7, 11) is 0. The number of rotatable bonds is 5. The number of nitrogens with zero attached hydrogens (tertiary/aromatic N) is 2. The first kappa shape index (κ1) is 11.9. The van der Waals surface area contributed by atoms with Gasteiger partial charge in [-0.1, -0.05) is 13.3 Å². The number of nitrogens with two attached hydrogens (primary N) is 1. The Morgan fingerprint density at radius 1 is 1.41 bits per heavy atom. The summed E-state index contributed by atoms with van der Waals surface area (Å²) in [5.74, 6) is 1.43. The first-order valence-corrected chi connectivity index (χ1v) is 6.59. The van der Waals surface area contributed by atoms with E-state index in [2.05, 4.69) is 39.0 Å². The van der Waals surface area contributed by atoms with Crippen LogP contribution < -0.4 is 11.1 Å². The lowest BCUT2D eigenvalue weighted by atomic mass is 10.1. The van der Waals surface area contributed by atoms with Gasteiger partial charge in [0, 0.05) is 12.1 Å². The minimum Gasteiger partial charge on any atom is -0.383 e. The van der Waals surface area contributed by atoms with Gasteiger partial charge < -0.3 is 11.1 Å². The lowest BCUT2D eigenvalue weighted by molar-refractivity contribution is 0.902. The van der Waals surface area contributed by atoms with E-state index in [0.717, 1.165) is 30.8 Å². The van der Waals surface area contributed by atoms with Crippen LogP contribution in [0.15, 0.2) is 23.2 Å². The Labute approximate surface area is 105 Å². The van der Waals surface area contributed by atoms with Crippen LogP contribution in [-0.2, 0) is 13.0 Å². The highest BCUT2D eigenvalue weighted by atomic mass is 32.1. The zero-order chi connectivity index (χ0) is 12.1. The Kier molecular flexibility index (Phi) is 3.93. The third kappa shape index (κ3) is 2.94. The number of aromatic nitrogens is 2. The number of anilines is 2. The smallest absolute Gasteiger partial charge is 0.134 e. The van der Waals surface area contributed by atoms with Gasteiger partial charge in [0.2, 0.25) is 0 Å². The summed E-state index contributed by atoms with van der Waals surface area (Å²) in [6.07, 6.45) is 3.44. The Morgan fingerprint density at radius 2 is 2.29 bits per heavy atom. The second-order valence-electron chi connectivity index (χ2n) is 3.82. The topological polar surface area (TPSA) is 63.8 Å². The van der Waals surface area contributed by atoms with E-state index in [1.54, 1.807) is 11.3 Å². The second kappa shape index (κ2) is 5.63. The van der Waals surface area contributed by atoms with E-state index in [-0.39, 0.29) is 0 Å². The summed E-state index contributed by atoms with van der Waals surface area (Å²) in [6.45, 7) is 2.89. The molecule has 0 aliphatic rings. The van der Waals surface area contributed by atoms with Crippen molar-refractivity contribution in [1.29, 1.82) is 0 Å². The molecule has 0 saturated carbocycles. The number of nitrogen functional groups attached to an aromatic ring is 1. The lowest BCUT2D eigenvalue weighted by Gasteiger charge is -2.11. The van der Waals surface area contributed by atoms with Crippen molar-refractivity contribution in [2.45, 2.75) is 26.3 Å². The molecule has 0 unspecified atom stereocenters. The van der Waals surface area contributed by atoms with E-state index in [9.17, 15) is 0 Å². The molecule has 0 fully saturated rings. The number of hydrogen-bond donors (Lipinski definition) is 2. The quantitative estimate of drug-likeness (QED) is 0.854. The van der Waals surface area contributed by atoms with Gasteiger partial charge >= 0.3 is 0 Å². The monoisotopic (exact) mass is 248 g/mol. The molecule has 0 radical (unpaired) electrons. The maximum atomic E-state index is 5.87. The first-order chi connectivity index (χ1) is 8.31. The van der Waals surface area contributed by atoms with E-state index in [0.29, 0.717) is 5.82 Å². The summed E-state index contributed by atoms with van der Waals surface area (Å²) >= 11 is 1.69. The lowest BCUT2D eigenvalue weighted by Crippen LogP contribution is -2.08. The highest BCUT2D eigenvalue weighted by molar-refractivity contribution is 7.07. The normalized spacial score (nSPS) is 10.4. The second-order valence-corrected chi connectivity index (χ2v) is 4.60. The van der Waals surface area contributed by atoms with E-state index in [4.69, 9.17) is 5.73 Å². The van der Waals surface area contributed by atoms with Crippen LogP contribution in [0.2, 0.25) is 0 Å². The van der Waals surface area contributed by atoms with Crippen molar-refractivity contribution < 1.29 is 0 Å². The van der Waals surface area contributed by atoms with E-state index in [1.807, 2.05) is 0 Å². The van der Waals surface area contributed by atoms with Crippen LogP contribution in [0.1, 0.15) is 24.5 Å². The van der Waals surface area contributed by atoms with Gasteiger partial charge in [-0.25, -0.2) is 9.97 Å². The zero-order valence-corrected chi connectivity index (χ0v) is 10.6. The Hall–Kier alpha value is -1.62. The van der Waals surface area contributed by atoms with Crippen LogP contribution in [0.25, 0.3) is 0 Å². The van der Waals surface area contributed by atoms with Crippen LogP contribution in [0, 0.1) is 0 Å². The third-order valence-electron chi connectivity index (χ3n) is 2.52. The molecule has 0 amide bonds. The molecule has 0 aromatic carbocycles. The SMILES string of the molecule is CCCc1c(N)ncnc1NCc1ccsc1. The molecule has 0 aliphatic heterocycles. The van der Waals surface area contributed by atoms with Crippen LogP contribution in [-0.4, -0.2) is 9.97 Å². The van der Waals surface area contributed by atoms with Crippen molar-refractivity contribution in [2.75, 3.05) is 11.1 Å². The molecule has 0 atom stereocenters. The van der Waals surface area contributed by atoms with Gasteiger partial charge in [-0.3, -0.25) is 0 Å². The molecule has 2 aromatic heterocycles. The van der Waals surface area contributed by atoms with Crippen molar-refractivity contribution >= 4 is 23.0 Å². The van der Waals surface area contributed by atoms with Gasteiger partial charge in [0.05, 0.1) is 0 Å². The molecule has 17 heavy (non-hydrogen) atoms. The van der Waals surface area contributed by atoms with Gasteiger partial charge in [0.15, 0.2) is 0 Å². The van der Waals surface area contributed by atoms with Gasteiger partial charge in [0.25, 0.3) is 0 Å². The molecule has 3 N–H and O–H groups in total. The predicted octanol–water partition coefficient (Wildman–Crippen LogP) is 2.68. The Balaban J connectivity index is 2.11. The minimum atomic E-state index is 0.578. The molecule has 0 spiro atoms. The van der Waals surface area contributed by atoms with Gasteiger partial charge in [-0.2, -0.15) is 11.3 Å². The molecule has 0 bridgehead atoms. The summed E-state index contributed by atoms with van der Waals surface area (Å²) in [4.78, 5) is 8.29. The molecule has 5 heteroatoms. The zero-order valence-electron chi connectivity index (χ0n) is 9.81. The van der Waals surface area contributed by atoms with Crippen LogP contribution in [0.3, 0.4) is 0 Å². The largest absolute Gasteiger partial charge is 0.383 e. The maximum absolute atomic E-state index is 5.87. The van der Waals surface area contributed by atoms with Gasteiger partial charge in [-0.15, -0.1) is 0 Å². The van der Waals surface area contributed by atoms with Crippen molar-refractivity contribution in [1.82, 2.24) is 9.97 Å². The first-order valence-electron chi connectivity index (χ1n) is 5.65. The average molecular weight is 248 g/mol. The van der Waals surface area contributed by atoms with E-state index < -0.39 is 0 Å². The molecule has 4 nitrogen and oxygen atoms in total. The van der Waals surface area contributed by atoms with Crippen molar-refractivity contribution in [3.05, 3.63) is 34.3 Å². The molecular formula is C12H16N4S. The summed E-state index contributed by atoms with van der Waals surface area (Å²) < 4.78 is 0. The van der Waals surface area contributed by atoms with Crippen LogP contribution >= 0.6 is 11.3 Å². The predicted molar refractivity (Wildman–Crippen MR) is 72.1 cm³/mol. The highest BCUT2D eigenvalue weighted by Gasteiger charge is 2.07. The number of nitrogens with one attached hydrogen (secondary N) is 1. The number of thiophene rings is 1. The van der Waals surface area contributed by atoms with E-state index in [1.165, 1.54) is 11.9 Å². The average Bonchev–Trinajstić information content (AvgIpc) is 2.83. The molecule has 2 aromatic rings. The summed E-state index contributed by atoms with van der Waals surface area (Å²) in [6, 6.07) is 2.10. The molecule has 2 rings (SSSR count). The fourth-order valence-corrected chi connectivity index (χ4v) is 2.32. The highest BCUT2D eigenvalue weighted by Crippen LogP contribution is 2.20. The Morgan fingerprint density at radius 3 is 3.00 bits per heavy atom. The molecule has 2 heterocycles. The Bertz CT molecular complexity index is 467. The number of hydrogen-bond acceptors (Lipinski definition) is 5. The van der Waals surface area contributed by atoms with Gasteiger partial charge in [-0.05, 0) is 28.8 Å². The van der Waals surface area contributed by atoms with Crippen LogP contribution in [0.4, 0.5) is 11.6 Å². The van der Waals surface area contributed by atoms with Crippen LogP contribution in [0.5, 0.6) is 0 Å². The van der Waals surface area contributed by atoms with Crippen molar-refractivity contribution in [3.63, 3.8) is 0 Å². The third-order valence-corrected chi connectivity index (χ3v) is 3.25.